The molecule has 0 radical (unpaired) electrons. The molecule has 0 aliphatic carbocycles. The van der Waals surface area contributed by atoms with Crippen molar-refractivity contribution >= 4 is 39.8 Å². The summed E-state index contributed by atoms with van der Waals surface area (Å²) in [6.45, 7) is -0.638. The van der Waals surface area contributed by atoms with Gasteiger partial charge in [0.1, 0.15) is 6.54 Å². The topological polar surface area (TPSA) is 107 Å². The number of nitro groups is 1. The fourth-order valence-electron chi connectivity index (χ4n) is 2.59. The van der Waals surface area contributed by atoms with Gasteiger partial charge < -0.3 is 5.32 Å². The number of benzene rings is 2. The van der Waals surface area contributed by atoms with Crippen molar-refractivity contribution in [2.75, 3.05) is 5.32 Å². The van der Waals surface area contributed by atoms with Gasteiger partial charge in [-0.3, -0.25) is 24.3 Å². The minimum Gasteiger partial charge on any atom is -0.323 e. The number of nitrogens with one attached hydrogen (secondary N) is 1. The van der Waals surface area contributed by atoms with E-state index in [1.807, 2.05) is 0 Å². The Morgan fingerprint density at radius 2 is 2.00 bits per heavy atom. The maximum Gasteiger partial charge on any atom is 0.418 e. The molecule has 12 heteroatoms. The highest BCUT2D eigenvalue weighted by molar-refractivity contribution is 6.34. The smallest absolute Gasteiger partial charge is 0.323 e. The van der Waals surface area contributed by atoms with E-state index in [-0.39, 0.29) is 21.6 Å². The van der Waals surface area contributed by atoms with Gasteiger partial charge in [0.2, 0.25) is 5.91 Å². The lowest BCUT2D eigenvalue weighted by Gasteiger charge is -2.15. The molecule has 1 heterocycles. The van der Waals surface area contributed by atoms with E-state index in [9.17, 15) is 32.9 Å². The molecule has 0 unspecified atom stereocenters. The third-order valence-corrected chi connectivity index (χ3v) is 4.23. The predicted octanol–water partition coefficient (Wildman–Crippen LogP) is 3.62. The van der Waals surface area contributed by atoms with E-state index < -0.39 is 40.4 Å². The first-order chi connectivity index (χ1) is 13.6. The molecule has 3 aromatic rings. The first-order valence-corrected chi connectivity index (χ1v) is 8.25. The van der Waals surface area contributed by atoms with Crippen LogP contribution in [0.3, 0.4) is 0 Å². The van der Waals surface area contributed by atoms with Crippen LogP contribution in [-0.2, 0) is 17.5 Å². The molecule has 29 heavy (non-hydrogen) atoms. The van der Waals surface area contributed by atoms with Crippen LogP contribution in [0.2, 0.25) is 5.02 Å². The van der Waals surface area contributed by atoms with Gasteiger partial charge in [0.25, 0.3) is 11.2 Å². The Morgan fingerprint density at radius 3 is 2.66 bits per heavy atom. The summed E-state index contributed by atoms with van der Waals surface area (Å²) in [7, 11) is 0. The molecule has 150 valence electrons. The van der Waals surface area contributed by atoms with Crippen LogP contribution in [0.4, 0.5) is 24.5 Å². The Morgan fingerprint density at radius 1 is 1.28 bits per heavy atom. The maximum atomic E-state index is 13.1. The lowest BCUT2D eigenvalue weighted by atomic mass is 10.1. The molecule has 1 aromatic heterocycles. The Balaban J connectivity index is 1.90. The number of anilines is 1. The van der Waals surface area contributed by atoms with Crippen LogP contribution in [0.5, 0.6) is 0 Å². The van der Waals surface area contributed by atoms with Gasteiger partial charge in [-0.25, -0.2) is 4.98 Å². The number of para-hydroxylation sites is 1. The molecular formula is C17H10ClF3N4O4. The number of alkyl halides is 3. The second-order valence-corrected chi connectivity index (χ2v) is 6.25. The summed E-state index contributed by atoms with van der Waals surface area (Å²) in [5, 5.41) is 12.6. The second kappa shape index (κ2) is 7.51. The number of nitro benzene ring substituents is 1. The van der Waals surface area contributed by atoms with E-state index in [1.165, 1.54) is 12.1 Å². The number of carbonyl (C=O) groups excluding carboxylic acids is 1. The highest BCUT2D eigenvalue weighted by Gasteiger charge is 2.34. The minimum atomic E-state index is -4.75. The molecule has 2 aromatic carbocycles. The van der Waals surface area contributed by atoms with Crippen molar-refractivity contribution < 1.29 is 22.9 Å². The quantitative estimate of drug-likeness (QED) is 0.506. The molecule has 0 aliphatic heterocycles. The molecule has 0 fully saturated rings. The summed E-state index contributed by atoms with van der Waals surface area (Å²) in [5.74, 6) is -0.936. The van der Waals surface area contributed by atoms with Gasteiger partial charge >= 0.3 is 6.18 Å². The fourth-order valence-corrected chi connectivity index (χ4v) is 2.82. The summed E-state index contributed by atoms with van der Waals surface area (Å²) >= 11 is 5.78. The van der Waals surface area contributed by atoms with Gasteiger partial charge in [0, 0.05) is 12.1 Å². The zero-order chi connectivity index (χ0) is 21.3. The van der Waals surface area contributed by atoms with Crippen molar-refractivity contribution in [3.8, 4) is 0 Å². The van der Waals surface area contributed by atoms with E-state index in [2.05, 4.69) is 10.3 Å². The first kappa shape index (κ1) is 20.3. The van der Waals surface area contributed by atoms with Crippen LogP contribution in [0.25, 0.3) is 10.9 Å². The number of rotatable bonds is 4. The van der Waals surface area contributed by atoms with Crippen LogP contribution >= 0.6 is 11.6 Å². The third-order valence-electron chi connectivity index (χ3n) is 3.92. The number of non-ortho nitro benzene ring substituents is 1. The number of fused-ring (bicyclic) bond motifs is 1. The fraction of sp³-hybridized carbons (Fsp3) is 0.118. The van der Waals surface area contributed by atoms with Crippen LogP contribution in [-0.4, -0.2) is 20.4 Å². The van der Waals surface area contributed by atoms with Gasteiger partial charge in [0.05, 0.1) is 38.4 Å². The Bertz CT molecular complexity index is 1190. The molecule has 0 atom stereocenters. The van der Waals surface area contributed by atoms with Crippen LogP contribution in [0, 0.1) is 10.1 Å². The summed E-state index contributed by atoms with van der Waals surface area (Å²) in [4.78, 5) is 38.7. The van der Waals surface area contributed by atoms with E-state index >= 15 is 0 Å². The van der Waals surface area contributed by atoms with E-state index in [0.717, 1.165) is 35.2 Å². The summed E-state index contributed by atoms with van der Waals surface area (Å²) in [6.07, 6.45) is -3.77. The van der Waals surface area contributed by atoms with Crippen molar-refractivity contribution in [2.24, 2.45) is 0 Å². The van der Waals surface area contributed by atoms with Gasteiger partial charge in [-0.2, -0.15) is 13.2 Å². The van der Waals surface area contributed by atoms with Crippen molar-refractivity contribution in [2.45, 2.75) is 12.7 Å². The number of hydrogen-bond donors (Lipinski definition) is 1. The monoisotopic (exact) mass is 426 g/mol. The lowest BCUT2D eigenvalue weighted by molar-refractivity contribution is -0.384. The molecule has 8 nitrogen and oxygen atoms in total. The average Bonchev–Trinajstić information content (AvgIpc) is 2.64. The maximum absolute atomic E-state index is 13.1. The zero-order valence-corrected chi connectivity index (χ0v) is 15.0. The Hall–Kier alpha value is -3.47. The number of hydrogen-bond acceptors (Lipinski definition) is 5. The van der Waals surface area contributed by atoms with E-state index in [4.69, 9.17) is 11.6 Å². The number of carbonyl (C=O) groups is 1. The van der Waals surface area contributed by atoms with Crippen molar-refractivity contribution in [1.29, 1.82) is 0 Å². The second-order valence-electron chi connectivity index (χ2n) is 5.84. The van der Waals surface area contributed by atoms with Crippen LogP contribution < -0.4 is 10.9 Å². The third kappa shape index (κ3) is 4.19. The molecule has 1 amide bonds. The molecule has 0 bridgehead atoms. The Kier molecular flexibility index (Phi) is 5.25. The molecule has 1 N–H and O–H groups in total. The van der Waals surface area contributed by atoms with E-state index in [1.54, 1.807) is 0 Å². The molecule has 0 aliphatic rings. The van der Waals surface area contributed by atoms with Gasteiger partial charge in [-0.1, -0.05) is 17.7 Å². The van der Waals surface area contributed by atoms with Crippen LogP contribution in [0.15, 0.2) is 47.5 Å². The number of halogens is 4. The molecule has 0 saturated heterocycles. The molecule has 0 saturated carbocycles. The standard InChI is InChI=1S/C17H10ClF3N4O4/c18-12-3-1-2-11(17(19,20)21)15(12)23-14(26)7-24-8-22-13-6-9(25(28)29)4-5-10(13)16(24)27/h1-6,8H,7H2,(H,23,26). The average molecular weight is 427 g/mol. The Labute approximate surface area is 164 Å². The van der Waals surface area contributed by atoms with Crippen molar-refractivity contribution in [1.82, 2.24) is 9.55 Å². The van der Waals surface area contributed by atoms with Gasteiger partial charge in [0.15, 0.2) is 0 Å². The highest BCUT2D eigenvalue weighted by Crippen LogP contribution is 2.38. The molecule has 0 spiro atoms. The predicted molar refractivity (Wildman–Crippen MR) is 97.7 cm³/mol. The van der Waals surface area contributed by atoms with Crippen LogP contribution in [0.1, 0.15) is 5.56 Å². The number of nitrogens with zero attached hydrogens (tertiary/aromatic N) is 3. The summed E-state index contributed by atoms with van der Waals surface area (Å²) in [5.41, 5.74) is -2.65. The van der Waals surface area contributed by atoms with Gasteiger partial charge in [-0.15, -0.1) is 0 Å². The first-order valence-electron chi connectivity index (χ1n) is 7.87. The molecular weight excluding hydrogens is 417 g/mol. The lowest BCUT2D eigenvalue weighted by Crippen LogP contribution is -2.28. The summed E-state index contributed by atoms with van der Waals surface area (Å²) in [6, 6.07) is 6.43. The largest absolute Gasteiger partial charge is 0.418 e. The molecule has 3 rings (SSSR count). The summed E-state index contributed by atoms with van der Waals surface area (Å²) < 4.78 is 40.2. The number of aromatic nitrogens is 2. The van der Waals surface area contributed by atoms with Gasteiger partial charge in [-0.05, 0) is 18.2 Å². The minimum absolute atomic E-state index is 0.0135. The van der Waals surface area contributed by atoms with Crippen molar-refractivity contribution in [3.05, 3.63) is 73.8 Å². The number of amides is 1. The zero-order valence-electron chi connectivity index (χ0n) is 14.2. The van der Waals surface area contributed by atoms with Crippen molar-refractivity contribution in [3.63, 3.8) is 0 Å². The van der Waals surface area contributed by atoms with E-state index in [0.29, 0.717) is 0 Å². The normalized spacial score (nSPS) is 11.4. The highest BCUT2D eigenvalue weighted by atomic mass is 35.5. The SMILES string of the molecule is O=C(Cn1cnc2cc([N+](=O)[O-])ccc2c1=O)Nc1c(Cl)cccc1C(F)(F)F.